The second-order valence-corrected chi connectivity index (χ2v) is 5.83. The third-order valence-electron chi connectivity index (χ3n) is 4.17. The van der Waals surface area contributed by atoms with Crippen molar-refractivity contribution >= 4 is 5.91 Å². The van der Waals surface area contributed by atoms with E-state index >= 15 is 0 Å². The number of aliphatic hydroxyl groups excluding tert-OH is 1. The molecule has 1 aromatic carbocycles. The van der Waals surface area contributed by atoms with Crippen LogP contribution in [0.5, 0.6) is 0 Å². The first-order chi connectivity index (χ1) is 12.2. The highest BCUT2D eigenvalue weighted by atomic mass is 16.7. The Balaban J connectivity index is 2.34. The number of carbonyl (C=O) groups excluding carboxylic acids is 1. The molecule has 0 saturated heterocycles. The zero-order chi connectivity index (χ0) is 18.1. The van der Waals surface area contributed by atoms with E-state index < -0.39 is 6.29 Å². The van der Waals surface area contributed by atoms with Gasteiger partial charge < -0.3 is 19.9 Å². The molecule has 1 heterocycles. The molecule has 0 bridgehead atoms. The van der Waals surface area contributed by atoms with Gasteiger partial charge in [0.15, 0.2) is 5.76 Å². The molecule has 0 saturated carbocycles. The molecule has 0 aliphatic carbocycles. The van der Waals surface area contributed by atoms with Gasteiger partial charge in [-0.15, -0.1) is 6.42 Å². The standard InChI is InChI=1S/C20H25NO4/c1-3-12-21-19(23)18-14-17(15-9-6-5-7-10-15)16(11-8-13-22)20(25-18)24-4-2/h1,5-7,9-10,14,16-17,20,22H,4,8,11-13H2,2H3,(H,21,23)/t16-,17+,20+/m0/s1. The first-order valence-electron chi connectivity index (χ1n) is 8.58. The van der Waals surface area contributed by atoms with Crippen molar-refractivity contribution in [2.75, 3.05) is 19.8 Å². The molecule has 0 spiro atoms. The van der Waals surface area contributed by atoms with Crippen LogP contribution < -0.4 is 5.32 Å². The number of amides is 1. The molecule has 1 aromatic rings. The summed E-state index contributed by atoms with van der Waals surface area (Å²) in [6.07, 6.45) is 7.87. The van der Waals surface area contributed by atoms with E-state index in [1.165, 1.54) is 0 Å². The molecule has 5 heteroatoms. The van der Waals surface area contributed by atoms with Gasteiger partial charge in [0.05, 0.1) is 6.54 Å². The van der Waals surface area contributed by atoms with E-state index in [2.05, 4.69) is 11.2 Å². The number of terminal acetylenes is 1. The van der Waals surface area contributed by atoms with E-state index in [-0.39, 0.29) is 36.7 Å². The number of nitrogens with one attached hydrogen (secondary N) is 1. The monoisotopic (exact) mass is 343 g/mol. The lowest BCUT2D eigenvalue weighted by Gasteiger charge is -2.37. The van der Waals surface area contributed by atoms with Crippen LogP contribution in [0.1, 0.15) is 31.2 Å². The number of rotatable bonds is 8. The summed E-state index contributed by atoms with van der Waals surface area (Å²) in [6, 6.07) is 9.94. The van der Waals surface area contributed by atoms with Crippen LogP contribution in [0.25, 0.3) is 0 Å². The Bertz CT molecular complexity index is 620. The molecule has 1 amide bonds. The molecule has 2 N–H and O–H groups in total. The number of hydrogen-bond donors (Lipinski definition) is 2. The lowest BCUT2D eigenvalue weighted by atomic mass is 9.80. The summed E-state index contributed by atoms with van der Waals surface area (Å²) in [5.74, 6) is 2.24. The molecule has 1 aliphatic rings. The Kier molecular flexibility index (Phi) is 7.52. The van der Waals surface area contributed by atoms with Crippen LogP contribution in [-0.4, -0.2) is 37.1 Å². The maximum atomic E-state index is 12.3. The summed E-state index contributed by atoms with van der Waals surface area (Å²) in [4.78, 5) is 12.3. The van der Waals surface area contributed by atoms with Crippen molar-refractivity contribution < 1.29 is 19.4 Å². The van der Waals surface area contributed by atoms with Crippen molar-refractivity contribution in [3.05, 3.63) is 47.7 Å². The topological polar surface area (TPSA) is 67.8 Å². The lowest BCUT2D eigenvalue weighted by Crippen LogP contribution is -2.39. The number of carbonyl (C=O) groups is 1. The summed E-state index contributed by atoms with van der Waals surface area (Å²) in [6.45, 7) is 2.61. The van der Waals surface area contributed by atoms with Crippen LogP contribution >= 0.6 is 0 Å². The fourth-order valence-electron chi connectivity index (χ4n) is 3.04. The molecule has 1 aliphatic heterocycles. The van der Waals surface area contributed by atoms with E-state index in [9.17, 15) is 9.90 Å². The van der Waals surface area contributed by atoms with Gasteiger partial charge in [-0.1, -0.05) is 36.3 Å². The third kappa shape index (κ3) is 5.09. The SMILES string of the molecule is C#CCNC(=O)C1=C[C@H](c2ccccc2)[C@H](CCCO)[C@H](OCC)O1. The quantitative estimate of drug-likeness (QED) is 0.710. The van der Waals surface area contributed by atoms with Crippen LogP contribution in [0.4, 0.5) is 0 Å². The van der Waals surface area contributed by atoms with Gasteiger partial charge in [-0.3, -0.25) is 4.79 Å². The summed E-state index contributed by atoms with van der Waals surface area (Å²) < 4.78 is 11.6. The minimum absolute atomic E-state index is 0.0127. The van der Waals surface area contributed by atoms with Crippen molar-refractivity contribution in [2.24, 2.45) is 5.92 Å². The number of hydrogen-bond acceptors (Lipinski definition) is 4. The van der Waals surface area contributed by atoms with E-state index in [0.717, 1.165) is 12.0 Å². The van der Waals surface area contributed by atoms with Gasteiger partial charge in [0, 0.05) is 25.0 Å². The van der Waals surface area contributed by atoms with Crippen LogP contribution in [0.2, 0.25) is 0 Å². The van der Waals surface area contributed by atoms with Gasteiger partial charge in [0.2, 0.25) is 6.29 Å². The first kappa shape index (κ1) is 19.0. The molecule has 0 radical (unpaired) electrons. The molecular weight excluding hydrogens is 318 g/mol. The van der Waals surface area contributed by atoms with Crippen molar-refractivity contribution in [1.82, 2.24) is 5.32 Å². The van der Waals surface area contributed by atoms with Gasteiger partial charge >= 0.3 is 0 Å². The zero-order valence-electron chi connectivity index (χ0n) is 14.5. The molecular formula is C20H25NO4. The highest BCUT2D eigenvalue weighted by Crippen LogP contribution is 2.39. The van der Waals surface area contributed by atoms with Crippen molar-refractivity contribution in [1.29, 1.82) is 0 Å². The van der Waals surface area contributed by atoms with Crippen LogP contribution in [0.3, 0.4) is 0 Å². The highest BCUT2D eigenvalue weighted by Gasteiger charge is 2.37. The van der Waals surface area contributed by atoms with Crippen LogP contribution in [-0.2, 0) is 14.3 Å². The predicted octanol–water partition coefficient (Wildman–Crippen LogP) is 2.18. The fraction of sp³-hybridized carbons (Fsp3) is 0.450. The molecule has 134 valence electrons. The van der Waals surface area contributed by atoms with Crippen molar-refractivity contribution in [3.63, 3.8) is 0 Å². The van der Waals surface area contributed by atoms with Gasteiger partial charge in [-0.2, -0.15) is 0 Å². The van der Waals surface area contributed by atoms with Crippen molar-refractivity contribution in [3.8, 4) is 12.3 Å². The summed E-state index contributed by atoms with van der Waals surface area (Å²) in [5.41, 5.74) is 1.08. The average Bonchev–Trinajstić information content (AvgIpc) is 2.65. The summed E-state index contributed by atoms with van der Waals surface area (Å²) in [7, 11) is 0. The van der Waals surface area contributed by atoms with E-state index in [1.807, 2.05) is 43.3 Å². The molecule has 0 aromatic heterocycles. The van der Waals surface area contributed by atoms with Crippen LogP contribution in [0, 0.1) is 18.3 Å². The number of ether oxygens (including phenoxy) is 2. The Labute approximate surface area is 149 Å². The Morgan fingerprint density at radius 1 is 1.40 bits per heavy atom. The first-order valence-corrected chi connectivity index (χ1v) is 8.58. The van der Waals surface area contributed by atoms with Crippen molar-refractivity contribution in [2.45, 2.75) is 32.0 Å². The average molecular weight is 343 g/mol. The smallest absolute Gasteiger partial charge is 0.286 e. The predicted molar refractivity (Wildman–Crippen MR) is 95.4 cm³/mol. The Morgan fingerprint density at radius 3 is 2.80 bits per heavy atom. The molecule has 25 heavy (non-hydrogen) atoms. The number of benzene rings is 1. The van der Waals surface area contributed by atoms with Gasteiger partial charge in [-0.05, 0) is 31.4 Å². The second-order valence-electron chi connectivity index (χ2n) is 5.83. The number of allylic oxidation sites excluding steroid dienone is 1. The summed E-state index contributed by atoms with van der Waals surface area (Å²) in [5, 5.41) is 11.9. The van der Waals surface area contributed by atoms with E-state index in [1.54, 1.807) is 0 Å². The zero-order valence-corrected chi connectivity index (χ0v) is 14.5. The Hall–Kier alpha value is -2.29. The fourth-order valence-corrected chi connectivity index (χ4v) is 3.04. The second kappa shape index (κ2) is 9.87. The molecule has 2 rings (SSSR count). The summed E-state index contributed by atoms with van der Waals surface area (Å²) >= 11 is 0. The minimum Gasteiger partial charge on any atom is -0.459 e. The van der Waals surface area contributed by atoms with Gasteiger partial charge in [-0.25, -0.2) is 0 Å². The molecule has 5 nitrogen and oxygen atoms in total. The largest absolute Gasteiger partial charge is 0.459 e. The van der Waals surface area contributed by atoms with Gasteiger partial charge in [0.25, 0.3) is 5.91 Å². The Morgan fingerprint density at radius 2 is 2.16 bits per heavy atom. The molecule has 3 atom stereocenters. The third-order valence-corrected chi connectivity index (χ3v) is 4.17. The van der Waals surface area contributed by atoms with Gasteiger partial charge in [0.1, 0.15) is 0 Å². The number of aliphatic hydroxyl groups is 1. The van der Waals surface area contributed by atoms with Crippen LogP contribution in [0.15, 0.2) is 42.2 Å². The molecule has 0 unspecified atom stereocenters. The molecule has 0 fully saturated rings. The lowest BCUT2D eigenvalue weighted by molar-refractivity contribution is -0.166. The maximum absolute atomic E-state index is 12.3. The van der Waals surface area contributed by atoms with E-state index in [4.69, 9.17) is 15.9 Å². The highest BCUT2D eigenvalue weighted by molar-refractivity contribution is 5.91. The van der Waals surface area contributed by atoms with E-state index in [0.29, 0.717) is 13.0 Å². The maximum Gasteiger partial charge on any atom is 0.286 e. The normalized spacial score (nSPS) is 22.4. The minimum atomic E-state index is -0.543.